The Kier molecular flexibility index (Phi) is 2.16. The van der Waals surface area contributed by atoms with Gasteiger partial charge in [-0.05, 0) is 49.4 Å². The van der Waals surface area contributed by atoms with Gasteiger partial charge in [0, 0.05) is 36.9 Å². The van der Waals surface area contributed by atoms with Gasteiger partial charge in [0.2, 0.25) is 0 Å². The Labute approximate surface area is 107 Å². The Bertz CT molecular complexity index is 501. The number of carbonyl (C=O) groups is 1. The van der Waals surface area contributed by atoms with Gasteiger partial charge in [-0.3, -0.25) is 4.79 Å². The fourth-order valence-electron chi connectivity index (χ4n) is 3.18. The van der Waals surface area contributed by atoms with Crippen LogP contribution in [0.25, 0.3) is 0 Å². The van der Waals surface area contributed by atoms with Crippen molar-refractivity contribution in [2.24, 2.45) is 0 Å². The summed E-state index contributed by atoms with van der Waals surface area (Å²) < 4.78 is 0. The zero-order chi connectivity index (χ0) is 12.1. The highest BCUT2D eigenvalue weighted by Crippen LogP contribution is 2.36. The molecule has 1 amide bonds. The fourth-order valence-corrected chi connectivity index (χ4v) is 3.18. The van der Waals surface area contributed by atoms with Crippen molar-refractivity contribution in [3.8, 4) is 0 Å². The number of anilines is 1. The molecule has 0 N–H and O–H groups in total. The third-order valence-electron chi connectivity index (χ3n) is 4.38. The highest BCUT2D eigenvalue weighted by molar-refractivity contribution is 5.99. The van der Waals surface area contributed by atoms with Crippen molar-refractivity contribution in [3.63, 3.8) is 0 Å². The molecular formula is C15H18N2O. The molecule has 0 spiro atoms. The van der Waals surface area contributed by atoms with E-state index in [1.807, 2.05) is 6.07 Å². The molecule has 1 saturated carbocycles. The average molecular weight is 242 g/mol. The van der Waals surface area contributed by atoms with Gasteiger partial charge in [0.05, 0.1) is 0 Å². The van der Waals surface area contributed by atoms with Crippen LogP contribution in [0.4, 0.5) is 5.69 Å². The molecule has 2 fully saturated rings. The molecule has 1 saturated heterocycles. The topological polar surface area (TPSA) is 23.6 Å². The molecule has 2 aliphatic heterocycles. The summed E-state index contributed by atoms with van der Waals surface area (Å²) in [6, 6.07) is 6.92. The van der Waals surface area contributed by atoms with E-state index in [0.717, 1.165) is 12.1 Å². The SMILES string of the molecule is O=C1c2ccc(N3CCCC3)cc2CN1C1CC1. The second-order valence-electron chi connectivity index (χ2n) is 5.70. The quantitative estimate of drug-likeness (QED) is 0.795. The van der Waals surface area contributed by atoms with E-state index in [4.69, 9.17) is 0 Å². The first-order valence-corrected chi connectivity index (χ1v) is 7.02. The summed E-state index contributed by atoms with van der Waals surface area (Å²) in [5.74, 6) is 0.250. The van der Waals surface area contributed by atoms with Crippen LogP contribution < -0.4 is 4.90 Å². The smallest absolute Gasteiger partial charge is 0.254 e. The third kappa shape index (κ3) is 1.53. The maximum absolute atomic E-state index is 12.2. The maximum Gasteiger partial charge on any atom is 0.254 e. The van der Waals surface area contributed by atoms with E-state index in [0.29, 0.717) is 6.04 Å². The predicted octanol–water partition coefficient (Wildman–Crippen LogP) is 2.41. The minimum atomic E-state index is 0.250. The summed E-state index contributed by atoms with van der Waals surface area (Å²) >= 11 is 0. The number of amides is 1. The molecular weight excluding hydrogens is 224 g/mol. The fraction of sp³-hybridized carbons (Fsp3) is 0.533. The Hall–Kier alpha value is -1.51. The molecule has 4 rings (SSSR count). The highest BCUT2D eigenvalue weighted by atomic mass is 16.2. The van der Waals surface area contributed by atoms with Gasteiger partial charge in [-0.2, -0.15) is 0 Å². The summed E-state index contributed by atoms with van der Waals surface area (Å²) in [5.41, 5.74) is 3.47. The minimum Gasteiger partial charge on any atom is -0.372 e. The standard InChI is InChI=1S/C15H18N2O/c18-15-14-6-5-13(16-7-1-2-8-16)9-11(14)10-17(15)12-3-4-12/h5-6,9,12H,1-4,7-8,10H2. The summed E-state index contributed by atoms with van der Waals surface area (Å²) in [6.07, 6.45) is 4.98. The number of carbonyl (C=O) groups excluding carboxylic acids is 1. The average Bonchev–Trinajstić information content (AvgIpc) is 2.98. The number of hydrogen-bond acceptors (Lipinski definition) is 2. The van der Waals surface area contributed by atoms with Crippen molar-refractivity contribution in [3.05, 3.63) is 29.3 Å². The lowest BCUT2D eigenvalue weighted by molar-refractivity contribution is 0.0766. The number of fused-ring (bicyclic) bond motifs is 1. The van der Waals surface area contributed by atoms with E-state index < -0.39 is 0 Å². The number of rotatable bonds is 2. The molecule has 0 unspecified atom stereocenters. The predicted molar refractivity (Wildman–Crippen MR) is 70.8 cm³/mol. The van der Waals surface area contributed by atoms with Crippen molar-refractivity contribution in [1.29, 1.82) is 0 Å². The summed E-state index contributed by atoms with van der Waals surface area (Å²) in [5, 5.41) is 0. The van der Waals surface area contributed by atoms with Crippen LogP contribution in [0, 0.1) is 0 Å². The van der Waals surface area contributed by atoms with E-state index >= 15 is 0 Å². The first-order chi connectivity index (χ1) is 8.83. The lowest BCUT2D eigenvalue weighted by Gasteiger charge is -2.18. The molecule has 94 valence electrons. The van der Waals surface area contributed by atoms with Crippen LogP contribution in [0.15, 0.2) is 18.2 Å². The van der Waals surface area contributed by atoms with Crippen molar-refractivity contribution >= 4 is 11.6 Å². The Morgan fingerprint density at radius 3 is 2.61 bits per heavy atom. The highest BCUT2D eigenvalue weighted by Gasteiger charge is 2.38. The van der Waals surface area contributed by atoms with Gasteiger partial charge in [0.25, 0.3) is 5.91 Å². The van der Waals surface area contributed by atoms with Gasteiger partial charge in [-0.15, -0.1) is 0 Å². The lowest BCUT2D eigenvalue weighted by atomic mass is 10.1. The first kappa shape index (κ1) is 10.4. The van der Waals surface area contributed by atoms with Gasteiger partial charge in [0.1, 0.15) is 0 Å². The second-order valence-corrected chi connectivity index (χ2v) is 5.70. The van der Waals surface area contributed by atoms with Gasteiger partial charge in [-0.25, -0.2) is 0 Å². The normalized spacial score (nSPS) is 22.8. The second kappa shape index (κ2) is 3.74. The monoisotopic (exact) mass is 242 g/mol. The van der Waals surface area contributed by atoms with Crippen LogP contribution in [0.1, 0.15) is 41.6 Å². The first-order valence-electron chi connectivity index (χ1n) is 7.02. The van der Waals surface area contributed by atoms with Crippen LogP contribution in [0.5, 0.6) is 0 Å². The minimum absolute atomic E-state index is 0.250. The molecule has 1 aromatic rings. The molecule has 1 aliphatic carbocycles. The van der Waals surface area contributed by atoms with Crippen molar-refractivity contribution < 1.29 is 4.79 Å². The van der Waals surface area contributed by atoms with Crippen molar-refractivity contribution in [1.82, 2.24) is 4.90 Å². The molecule has 0 bridgehead atoms. The zero-order valence-electron chi connectivity index (χ0n) is 10.6. The summed E-state index contributed by atoms with van der Waals surface area (Å²) in [6.45, 7) is 3.17. The van der Waals surface area contributed by atoms with Crippen LogP contribution >= 0.6 is 0 Å². The Balaban J connectivity index is 1.65. The van der Waals surface area contributed by atoms with E-state index in [1.165, 1.54) is 50.0 Å². The molecule has 18 heavy (non-hydrogen) atoms. The van der Waals surface area contributed by atoms with Crippen LogP contribution in [-0.2, 0) is 6.54 Å². The largest absolute Gasteiger partial charge is 0.372 e. The Morgan fingerprint density at radius 1 is 1.11 bits per heavy atom. The molecule has 2 heterocycles. The van der Waals surface area contributed by atoms with E-state index in [9.17, 15) is 4.79 Å². The summed E-state index contributed by atoms with van der Waals surface area (Å²) in [7, 11) is 0. The van der Waals surface area contributed by atoms with Crippen molar-refractivity contribution in [2.75, 3.05) is 18.0 Å². The molecule has 0 radical (unpaired) electrons. The molecule has 0 aromatic heterocycles. The molecule has 3 nitrogen and oxygen atoms in total. The van der Waals surface area contributed by atoms with Crippen LogP contribution in [0.2, 0.25) is 0 Å². The molecule has 1 aromatic carbocycles. The van der Waals surface area contributed by atoms with Crippen LogP contribution in [0.3, 0.4) is 0 Å². The Morgan fingerprint density at radius 2 is 1.89 bits per heavy atom. The van der Waals surface area contributed by atoms with Gasteiger partial charge < -0.3 is 9.80 Å². The van der Waals surface area contributed by atoms with E-state index in [2.05, 4.69) is 21.9 Å². The zero-order valence-corrected chi connectivity index (χ0v) is 10.6. The number of nitrogens with zero attached hydrogens (tertiary/aromatic N) is 2. The summed E-state index contributed by atoms with van der Waals surface area (Å²) in [4.78, 5) is 16.7. The number of benzene rings is 1. The van der Waals surface area contributed by atoms with Crippen LogP contribution in [-0.4, -0.2) is 29.9 Å². The van der Waals surface area contributed by atoms with Gasteiger partial charge in [-0.1, -0.05) is 0 Å². The molecule has 3 heteroatoms. The van der Waals surface area contributed by atoms with Gasteiger partial charge in [0.15, 0.2) is 0 Å². The van der Waals surface area contributed by atoms with E-state index in [1.54, 1.807) is 0 Å². The lowest BCUT2D eigenvalue weighted by Crippen LogP contribution is -2.25. The van der Waals surface area contributed by atoms with Crippen molar-refractivity contribution in [2.45, 2.75) is 38.3 Å². The molecule has 0 atom stereocenters. The van der Waals surface area contributed by atoms with Gasteiger partial charge >= 0.3 is 0 Å². The number of hydrogen-bond donors (Lipinski definition) is 0. The third-order valence-corrected chi connectivity index (χ3v) is 4.38. The van der Waals surface area contributed by atoms with E-state index in [-0.39, 0.29) is 5.91 Å². The molecule has 3 aliphatic rings. The maximum atomic E-state index is 12.2.